The number of ether oxygens (including phenoxy) is 1. The first-order valence-corrected chi connectivity index (χ1v) is 7.43. The van der Waals surface area contributed by atoms with E-state index in [1.807, 2.05) is 6.07 Å². The van der Waals surface area contributed by atoms with Crippen LogP contribution >= 0.6 is 0 Å². The zero-order valence-electron chi connectivity index (χ0n) is 12.7. The third-order valence-electron chi connectivity index (χ3n) is 4.20. The van der Waals surface area contributed by atoms with Crippen molar-refractivity contribution < 1.29 is 9.53 Å². The van der Waals surface area contributed by atoms with Gasteiger partial charge in [0.1, 0.15) is 5.75 Å². The summed E-state index contributed by atoms with van der Waals surface area (Å²) in [6.45, 7) is 4.43. The van der Waals surface area contributed by atoms with Gasteiger partial charge in [-0.25, -0.2) is 0 Å². The van der Waals surface area contributed by atoms with Crippen LogP contribution in [-0.2, 0) is 4.79 Å². The minimum Gasteiger partial charge on any atom is -0.484 e. The zero-order chi connectivity index (χ0) is 15.3. The number of hydrogen-bond donors (Lipinski definition) is 1. The molecule has 1 aliphatic rings. The first-order chi connectivity index (χ1) is 10.0. The van der Waals surface area contributed by atoms with Gasteiger partial charge in [0.15, 0.2) is 6.61 Å². The maximum Gasteiger partial charge on any atom is 0.258 e. The highest BCUT2D eigenvalue weighted by Gasteiger charge is 2.33. The molecule has 2 rings (SSSR count). The normalized spacial score (nSPS) is 20.3. The number of carbonyl (C=O) groups excluding carboxylic acids is 1. The summed E-state index contributed by atoms with van der Waals surface area (Å²) < 4.78 is 5.46. The van der Waals surface area contributed by atoms with Crippen LogP contribution in [0.1, 0.15) is 45.1 Å². The lowest BCUT2D eigenvalue weighted by Crippen LogP contribution is -2.48. The Kier molecular flexibility index (Phi) is 4.85. The summed E-state index contributed by atoms with van der Waals surface area (Å²) in [6, 6.07) is 9.04. The third kappa shape index (κ3) is 4.22. The summed E-state index contributed by atoms with van der Waals surface area (Å²) in [5.74, 6) is 0.520. The highest BCUT2D eigenvalue weighted by Crippen LogP contribution is 2.35. The Bertz CT molecular complexity index is 529. The number of nitrogens with one attached hydrogen (secondary N) is 1. The Hall–Kier alpha value is -2.02. The maximum atomic E-state index is 12.0. The molecule has 1 saturated carbocycles. The summed E-state index contributed by atoms with van der Waals surface area (Å²) >= 11 is 0. The van der Waals surface area contributed by atoms with Crippen LogP contribution in [0.4, 0.5) is 0 Å². The molecule has 0 heterocycles. The van der Waals surface area contributed by atoms with Crippen LogP contribution in [0.5, 0.6) is 5.75 Å². The van der Waals surface area contributed by atoms with Gasteiger partial charge in [0.05, 0.1) is 11.6 Å². The third-order valence-corrected chi connectivity index (χ3v) is 4.20. The zero-order valence-corrected chi connectivity index (χ0v) is 12.7. The molecule has 4 nitrogen and oxygen atoms in total. The largest absolute Gasteiger partial charge is 0.484 e. The molecule has 112 valence electrons. The quantitative estimate of drug-likeness (QED) is 0.925. The highest BCUT2D eigenvalue weighted by molar-refractivity contribution is 5.78. The first kappa shape index (κ1) is 15.4. The van der Waals surface area contributed by atoms with E-state index in [0.717, 1.165) is 12.8 Å². The van der Waals surface area contributed by atoms with Crippen LogP contribution in [-0.4, -0.2) is 18.6 Å². The lowest BCUT2D eigenvalue weighted by molar-refractivity contribution is -0.125. The fourth-order valence-electron chi connectivity index (χ4n) is 2.77. The molecule has 1 aromatic rings. The molecule has 0 bridgehead atoms. The van der Waals surface area contributed by atoms with E-state index in [1.165, 1.54) is 12.8 Å². The highest BCUT2D eigenvalue weighted by atomic mass is 16.5. The summed E-state index contributed by atoms with van der Waals surface area (Å²) in [5.41, 5.74) is 0.735. The molecular formula is C17H22N2O2. The Labute approximate surface area is 126 Å². The average molecular weight is 286 g/mol. The lowest BCUT2D eigenvalue weighted by Gasteiger charge is -2.39. The Balaban J connectivity index is 1.83. The van der Waals surface area contributed by atoms with Gasteiger partial charge < -0.3 is 10.1 Å². The molecule has 1 N–H and O–H groups in total. The van der Waals surface area contributed by atoms with Gasteiger partial charge in [-0.05, 0) is 42.5 Å². The predicted octanol–water partition coefficient (Wildman–Crippen LogP) is 3.02. The van der Waals surface area contributed by atoms with Crippen molar-refractivity contribution in [2.24, 2.45) is 5.41 Å². The Morgan fingerprint density at radius 2 is 2.10 bits per heavy atom. The van der Waals surface area contributed by atoms with Crippen LogP contribution in [0.15, 0.2) is 24.3 Å². The molecule has 1 atom stereocenters. The van der Waals surface area contributed by atoms with Gasteiger partial charge >= 0.3 is 0 Å². The predicted molar refractivity (Wildman–Crippen MR) is 80.8 cm³/mol. The van der Waals surface area contributed by atoms with E-state index < -0.39 is 0 Å². The van der Waals surface area contributed by atoms with Crippen molar-refractivity contribution in [3.63, 3.8) is 0 Å². The average Bonchev–Trinajstić information content (AvgIpc) is 2.48. The number of nitriles is 1. The van der Waals surface area contributed by atoms with Crippen LogP contribution in [0.3, 0.4) is 0 Å². The molecule has 1 unspecified atom stereocenters. The molecular weight excluding hydrogens is 264 g/mol. The SMILES string of the molecule is CC1(C)CCCCC1NC(=O)COc1ccc(C#N)cc1. The molecule has 1 aromatic carbocycles. The molecule has 0 aromatic heterocycles. The second kappa shape index (κ2) is 6.62. The molecule has 0 radical (unpaired) electrons. The van der Waals surface area contributed by atoms with Crippen molar-refractivity contribution in [1.29, 1.82) is 5.26 Å². The van der Waals surface area contributed by atoms with E-state index in [-0.39, 0.29) is 24.0 Å². The van der Waals surface area contributed by atoms with E-state index in [0.29, 0.717) is 11.3 Å². The van der Waals surface area contributed by atoms with Crippen molar-refractivity contribution in [2.75, 3.05) is 6.61 Å². The van der Waals surface area contributed by atoms with Crippen molar-refractivity contribution in [3.8, 4) is 11.8 Å². The standard InChI is InChI=1S/C17H22N2O2/c1-17(2)10-4-3-5-15(17)19-16(20)12-21-14-8-6-13(11-18)7-9-14/h6-9,15H,3-5,10,12H2,1-2H3,(H,19,20). The van der Waals surface area contributed by atoms with Gasteiger partial charge in [0, 0.05) is 6.04 Å². The van der Waals surface area contributed by atoms with Crippen LogP contribution < -0.4 is 10.1 Å². The Morgan fingerprint density at radius 1 is 1.38 bits per heavy atom. The minimum atomic E-state index is -0.0839. The number of nitrogens with zero attached hydrogens (tertiary/aromatic N) is 1. The van der Waals surface area contributed by atoms with E-state index in [2.05, 4.69) is 19.2 Å². The molecule has 0 aliphatic heterocycles. The summed E-state index contributed by atoms with van der Waals surface area (Å²) in [4.78, 5) is 12.0. The van der Waals surface area contributed by atoms with Crippen LogP contribution in [0.25, 0.3) is 0 Å². The smallest absolute Gasteiger partial charge is 0.258 e. The van der Waals surface area contributed by atoms with Crippen molar-refractivity contribution in [3.05, 3.63) is 29.8 Å². The molecule has 1 fully saturated rings. The second-order valence-electron chi connectivity index (χ2n) is 6.28. The molecule has 0 saturated heterocycles. The second-order valence-corrected chi connectivity index (χ2v) is 6.28. The van der Waals surface area contributed by atoms with Crippen molar-refractivity contribution in [2.45, 2.75) is 45.6 Å². The fraction of sp³-hybridized carbons (Fsp3) is 0.529. The summed E-state index contributed by atoms with van der Waals surface area (Å²) in [7, 11) is 0. The number of rotatable bonds is 4. The molecule has 1 aliphatic carbocycles. The van der Waals surface area contributed by atoms with Crippen LogP contribution in [0, 0.1) is 16.7 Å². The Morgan fingerprint density at radius 3 is 2.71 bits per heavy atom. The molecule has 0 spiro atoms. The summed E-state index contributed by atoms with van der Waals surface area (Å²) in [5, 5.41) is 11.8. The van der Waals surface area contributed by atoms with Crippen molar-refractivity contribution >= 4 is 5.91 Å². The van der Waals surface area contributed by atoms with Gasteiger partial charge in [0.25, 0.3) is 5.91 Å². The first-order valence-electron chi connectivity index (χ1n) is 7.43. The molecule has 1 amide bonds. The van der Waals surface area contributed by atoms with Gasteiger partial charge in [-0.3, -0.25) is 4.79 Å². The number of benzene rings is 1. The van der Waals surface area contributed by atoms with E-state index >= 15 is 0 Å². The molecule has 4 heteroatoms. The van der Waals surface area contributed by atoms with Gasteiger partial charge in [0.2, 0.25) is 0 Å². The van der Waals surface area contributed by atoms with E-state index in [9.17, 15) is 4.79 Å². The minimum absolute atomic E-state index is 0.0124. The van der Waals surface area contributed by atoms with E-state index in [4.69, 9.17) is 10.00 Å². The van der Waals surface area contributed by atoms with Gasteiger partial charge in [-0.1, -0.05) is 26.7 Å². The molecule has 21 heavy (non-hydrogen) atoms. The monoisotopic (exact) mass is 286 g/mol. The fourth-order valence-corrected chi connectivity index (χ4v) is 2.77. The maximum absolute atomic E-state index is 12.0. The number of carbonyl (C=O) groups is 1. The summed E-state index contributed by atoms with van der Waals surface area (Å²) in [6.07, 6.45) is 4.59. The van der Waals surface area contributed by atoms with Gasteiger partial charge in [-0.15, -0.1) is 0 Å². The topological polar surface area (TPSA) is 62.1 Å². The van der Waals surface area contributed by atoms with Crippen LogP contribution in [0.2, 0.25) is 0 Å². The number of hydrogen-bond acceptors (Lipinski definition) is 3. The lowest BCUT2D eigenvalue weighted by atomic mass is 9.73. The van der Waals surface area contributed by atoms with Crippen molar-refractivity contribution in [1.82, 2.24) is 5.32 Å². The van der Waals surface area contributed by atoms with E-state index in [1.54, 1.807) is 24.3 Å². The number of amides is 1. The van der Waals surface area contributed by atoms with Gasteiger partial charge in [-0.2, -0.15) is 5.26 Å².